The summed E-state index contributed by atoms with van der Waals surface area (Å²) in [6.45, 7) is 0. The fourth-order valence-corrected chi connectivity index (χ4v) is 2.12. The Morgan fingerprint density at radius 2 is 2.05 bits per heavy atom. The summed E-state index contributed by atoms with van der Waals surface area (Å²) in [6.07, 6.45) is -4.68. The lowest BCUT2D eigenvalue weighted by Crippen LogP contribution is -2.49. The maximum Gasteiger partial charge on any atom is 0.432 e. The van der Waals surface area contributed by atoms with Crippen molar-refractivity contribution in [1.29, 1.82) is 0 Å². The van der Waals surface area contributed by atoms with Gasteiger partial charge in [0.25, 0.3) is 11.3 Å². The molecule has 0 amide bonds. The van der Waals surface area contributed by atoms with Crippen molar-refractivity contribution in [3.8, 4) is 0 Å². The van der Waals surface area contributed by atoms with Gasteiger partial charge >= 0.3 is 12.1 Å². The van der Waals surface area contributed by atoms with Crippen LogP contribution in [0.1, 0.15) is 5.56 Å². The monoisotopic (exact) mass is 318 g/mol. The average Bonchev–Trinajstić information content (AvgIpc) is 2.88. The number of aromatic amines is 1. The summed E-state index contributed by atoms with van der Waals surface area (Å²) in [5.74, 6) is -1.94. The number of benzene rings is 1. The molecule has 1 heterocycles. The molecule has 0 bridgehead atoms. The van der Waals surface area contributed by atoms with Gasteiger partial charge in [0.05, 0.1) is 12.0 Å². The third-order valence-electron chi connectivity index (χ3n) is 3.17. The molecule has 2 aromatic rings. The molecule has 7 nitrogen and oxygen atoms in total. The van der Waals surface area contributed by atoms with Crippen LogP contribution >= 0.6 is 0 Å². The number of H-pyrrole nitrogens is 1. The number of para-hydroxylation sites is 1. The first-order chi connectivity index (χ1) is 10.1. The molecule has 0 aliphatic carbocycles. The van der Waals surface area contributed by atoms with Crippen LogP contribution in [0.5, 0.6) is 0 Å². The molecule has 2 rings (SSSR count). The van der Waals surface area contributed by atoms with Crippen LogP contribution in [0.25, 0.3) is 10.9 Å². The Balaban J connectivity index is 2.80. The van der Waals surface area contributed by atoms with E-state index in [-0.39, 0.29) is 10.9 Å². The summed E-state index contributed by atoms with van der Waals surface area (Å²) in [6, 6.07) is 3.34. The smallest absolute Gasteiger partial charge is 0.432 e. The third-order valence-corrected chi connectivity index (χ3v) is 3.17. The summed E-state index contributed by atoms with van der Waals surface area (Å²) < 4.78 is 43.6. The molecule has 1 unspecified atom stereocenters. The zero-order chi connectivity index (χ0) is 16.7. The van der Waals surface area contributed by atoms with E-state index in [1.807, 2.05) is 0 Å². The van der Waals surface area contributed by atoms with Gasteiger partial charge in [0.15, 0.2) is 0 Å². The Hall–Kier alpha value is -2.62. The maximum atomic E-state index is 13.2. The van der Waals surface area contributed by atoms with Crippen LogP contribution in [0, 0.1) is 10.1 Å². The molecule has 0 radical (unpaired) electrons. The quantitative estimate of drug-likeness (QED) is 0.511. The molecule has 0 saturated heterocycles. The highest BCUT2D eigenvalue weighted by Crippen LogP contribution is 2.43. The van der Waals surface area contributed by atoms with Crippen molar-refractivity contribution >= 4 is 22.6 Å². The highest BCUT2D eigenvalue weighted by Gasteiger charge is 2.63. The second kappa shape index (κ2) is 4.98. The molecule has 0 aliphatic rings. The number of nitro benzene ring substituents is 1. The van der Waals surface area contributed by atoms with Gasteiger partial charge in [-0.2, -0.15) is 13.2 Å². The number of nitrogens with one attached hydrogen (secondary N) is 1. The van der Waals surface area contributed by atoms with Gasteiger partial charge < -0.3 is 14.8 Å². The first-order valence-electron chi connectivity index (χ1n) is 5.77. The number of carbonyl (C=O) groups excluding carboxylic acids is 1. The zero-order valence-corrected chi connectivity index (χ0v) is 11.0. The van der Waals surface area contributed by atoms with Crippen LogP contribution in [-0.2, 0) is 15.1 Å². The number of methoxy groups -OCH3 is 1. The van der Waals surface area contributed by atoms with Gasteiger partial charge in [0.1, 0.15) is 5.52 Å². The fraction of sp³-hybridized carbons (Fsp3) is 0.250. The number of esters is 1. The third kappa shape index (κ3) is 2.08. The van der Waals surface area contributed by atoms with E-state index >= 15 is 0 Å². The SMILES string of the molecule is COC(=O)C(O)(c1c[nH]c2c([N+](=O)[O-])cccc12)C(F)(F)F. The second-order valence-corrected chi connectivity index (χ2v) is 4.36. The number of hydrogen-bond donors (Lipinski definition) is 2. The molecule has 118 valence electrons. The Bertz CT molecular complexity index is 755. The topological polar surface area (TPSA) is 105 Å². The number of aromatic nitrogens is 1. The summed E-state index contributed by atoms with van der Waals surface area (Å²) in [5, 5.41) is 20.5. The number of halogens is 3. The van der Waals surface area contributed by atoms with Crippen LogP contribution in [0.15, 0.2) is 24.4 Å². The summed E-state index contributed by atoms with van der Waals surface area (Å²) in [4.78, 5) is 23.9. The number of nitrogens with zero attached hydrogens (tertiary/aromatic N) is 1. The molecule has 1 atom stereocenters. The molecule has 0 spiro atoms. The zero-order valence-electron chi connectivity index (χ0n) is 11.0. The molecular weight excluding hydrogens is 309 g/mol. The number of aliphatic hydroxyl groups is 1. The van der Waals surface area contributed by atoms with E-state index in [1.54, 1.807) is 0 Å². The molecule has 1 aromatic heterocycles. The predicted molar refractivity (Wildman–Crippen MR) is 66.9 cm³/mol. The Kier molecular flexibility index (Phi) is 3.57. The van der Waals surface area contributed by atoms with E-state index in [4.69, 9.17) is 0 Å². The van der Waals surface area contributed by atoms with Crippen molar-refractivity contribution in [3.05, 3.63) is 40.1 Å². The second-order valence-electron chi connectivity index (χ2n) is 4.36. The predicted octanol–water partition coefficient (Wildman–Crippen LogP) is 2.00. The van der Waals surface area contributed by atoms with Gasteiger partial charge in [0.2, 0.25) is 0 Å². The van der Waals surface area contributed by atoms with Gasteiger partial charge in [-0.05, 0) is 0 Å². The van der Waals surface area contributed by atoms with E-state index in [1.165, 1.54) is 0 Å². The average molecular weight is 318 g/mol. The number of hydrogen-bond acceptors (Lipinski definition) is 5. The highest BCUT2D eigenvalue weighted by molar-refractivity contribution is 5.96. The van der Waals surface area contributed by atoms with Gasteiger partial charge in [-0.1, -0.05) is 12.1 Å². The lowest BCUT2D eigenvalue weighted by Gasteiger charge is -2.27. The number of rotatable bonds is 3. The van der Waals surface area contributed by atoms with E-state index in [0.717, 1.165) is 18.2 Å². The summed E-state index contributed by atoms with van der Waals surface area (Å²) in [7, 11) is 0.691. The molecule has 0 fully saturated rings. The van der Waals surface area contributed by atoms with Crippen molar-refractivity contribution in [2.45, 2.75) is 11.8 Å². The van der Waals surface area contributed by atoms with Crippen molar-refractivity contribution in [2.24, 2.45) is 0 Å². The maximum absolute atomic E-state index is 13.2. The number of fused-ring (bicyclic) bond motifs is 1. The number of alkyl halides is 3. The van der Waals surface area contributed by atoms with Crippen LogP contribution in [0.4, 0.5) is 18.9 Å². The molecule has 1 aromatic carbocycles. The minimum absolute atomic E-state index is 0.242. The summed E-state index contributed by atoms with van der Waals surface area (Å²) in [5.41, 5.74) is -5.53. The van der Waals surface area contributed by atoms with Crippen LogP contribution in [0.3, 0.4) is 0 Å². The van der Waals surface area contributed by atoms with Crippen LogP contribution < -0.4 is 0 Å². The Labute approximate surface area is 120 Å². The number of non-ortho nitro benzene ring substituents is 1. The van der Waals surface area contributed by atoms with Crippen molar-refractivity contribution in [3.63, 3.8) is 0 Å². The van der Waals surface area contributed by atoms with Crippen LogP contribution in [-0.4, -0.2) is 34.3 Å². The van der Waals surface area contributed by atoms with Gasteiger partial charge in [0, 0.05) is 23.2 Å². The minimum atomic E-state index is -5.38. The minimum Gasteiger partial charge on any atom is -0.466 e. The molecule has 10 heteroatoms. The fourth-order valence-electron chi connectivity index (χ4n) is 2.12. The highest BCUT2D eigenvalue weighted by atomic mass is 19.4. The van der Waals surface area contributed by atoms with Crippen molar-refractivity contribution in [1.82, 2.24) is 4.98 Å². The molecular formula is C12H9F3N2O5. The van der Waals surface area contributed by atoms with Gasteiger partial charge in [-0.25, -0.2) is 4.79 Å². The lowest BCUT2D eigenvalue weighted by atomic mass is 9.92. The van der Waals surface area contributed by atoms with Crippen molar-refractivity contribution in [2.75, 3.05) is 7.11 Å². The Morgan fingerprint density at radius 3 is 2.55 bits per heavy atom. The Morgan fingerprint density at radius 1 is 1.41 bits per heavy atom. The van der Waals surface area contributed by atoms with Crippen molar-refractivity contribution < 1.29 is 32.7 Å². The molecule has 22 heavy (non-hydrogen) atoms. The lowest BCUT2D eigenvalue weighted by molar-refractivity contribution is -0.383. The number of nitro groups is 1. The number of ether oxygens (including phenoxy) is 1. The standard InChI is InChI=1S/C12H9F3N2O5/c1-22-10(18)11(19,12(13,14)15)7-5-16-9-6(7)3-2-4-8(9)17(20)21/h2-5,16,19H,1H3. The first kappa shape index (κ1) is 15.8. The van der Waals surface area contributed by atoms with Crippen LogP contribution in [0.2, 0.25) is 0 Å². The summed E-state index contributed by atoms with van der Waals surface area (Å²) >= 11 is 0. The molecule has 2 N–H and O–H groups in total. The number of carbonyl (C=O) groups is 1. The van der Waals surface area contributed by atoms with Gasteiger partial charge in [-0.15, -0.1) is 0 Å². The normalized spacial score (nSPS) is 14.6. The van der Waals surface area contributed by atoms with E-state index < -0.39 is 33.9 Å². The van der Waals surface area contributed by atoms with E-state index in [0.29, 0.717) is 13.3 Å². The largest absolute Gasteiger partial charge is 0.466 e. The van der Waals surface area contributed by atoms with E-state index in [2.05, 4.69) is 9.72 Å². The van der Waals surface area contributed by atoms with E-state index in [9.17, 15) is 33.2 Å². The molecule has 0 saturated carbocycles. The first-order valence-corrected chi connectivity index (χ1v) is 5.77. The van der Waals surface area contributed by atoms with Gasteiger partial charge in [-0.3, -0.25) is 10.1 Å². The molecule has 0 aliphatic heterocycles.